The van der Waals surface area contributed by atoms with E-state index in [0.29, 0.717) is 5.56 Å². The number of ketones is 1. The van der Waals surface area contributed by atoms with Crippen LogP contribution in [0.15, 0.2) is 54.1 Å². The van der Waals surface area contributed by atoms with E-state index in [4.69, 9.17) is 9.47 Å². The molecular weight excluding hydrogens is 420 g/mol. The maximum absolute atomic E-state index is 12.9. The van der Waals surface area contributed by atoms with Crippen molar-refractivity contribution < 1.29 is 33.9 Å². The molecule has 1 fully saturated rings. The van der Waals surface area contributed by atoms with E-state index in [1.807, 2.05) is 0 Å². The average Bonchev–Trinajstić information content (AvgIpc) is 3.01. The maximum atomic E-state index is 12.9. The van der Waals surface area contributed by atoms with Gasteiger partial charge in [-0.05, 0) is 17.7 Å². The van der Waals surface area contributed by atoms with Crippen LogP contribution in [0, 0.1) is 10.1 Å². The summed E-state index contributed by atoms with van der Waals surface area (Å²) < 4.78 is 10.1. The molecule has 0 saturated carbocycles. The van der Waals surface area contributed by atoms with Gasteiger partial charge in [0.2, 0.25) is 0 Å². The fraction of sp³-hybridized carbons (Fsp3) is 0.227. The SMILES string of the molecule is COCCN1C(=O)C(=O)/C(=C(\O)c2cccc([N+](=O)[O-])c2)C1c1cccc(OC(C)=O)c1. The Labute approximate surface area is 182 Å². The van der Waals surface area contributed by atoms with Crippen LogP contribution >= 0.6 is 0 Å². The normalized spacial score (nSPS) is 17.4. The molecule has 1 N–H and O–H groups in total. The summed E-state index contributed by atoms with van der Waals surface area (Å²) in [4.78, 5) is 48.7. The van der Waals surface area contributed by atoms with Crippen molar-refractivity contribution in [1.29, 1.82) is 0 Å². The predicted molar refractivity (Wildman–Crippen MR) is 112 cm³/mol. The van der Waals surface area contributed by atoms with Gasteiger partial charge in [0, 0.05) is 38.3 Å². The van der Waals surface area contributed by atoms with E-state index in [9.17, 15) is 29.6 Å². The number of carbonyl (C=O) groups excluding carboxylic acids is 3. The first kappa shape index (κ1) is 22.6. The van der Waals surface area contributed by atoms with Gasteiger partial charge in [-0.15, -0.1) is 0 Å². The minimum absolute atomic E-state index is 0.0186. The van der Waals surface area contributed by atoms with Crippen LogP contribution in [0.1, 0.15) is 24.1 Å². The Kier molecular flexibility index (Phi) is 6.64. The molecule has 32 heavy (non-hydrogen) atoms. The largest absolute Gasteiger partial charge is 0.507 e. The Bertz CT molecular complexity index is 1120. The molecule has 0 bridgehead atoms. The summed E-state index contributed by atoms with van der Waals surface area (Å²) in [5, 5.41) is 22.1. The number of nitro benzene ring substituents is 1. The molecule has 1 unspecified atom stereocenters. The molecule has 0 aliphatic carbocycles. The van der Waals surface area contributed by atoms with Gasteiger partial charge < -0.3 is 19.5 Å². The van der Waals surface area contributed by atoms with Gasteiger partial charge in [-0.2, -0.15) is 0 Å². The van der Waals surface area contributed by atoms with Crippen molar-refractivity contribution in [1.82, 2.24) is 4.90 Å². The summed E-state index contributed by atoms with van der Waals surface area (Å²) in [6.07, 6.45) is 0. The molecule has 166 valence electrons. The number of hydrogen-bond acceptors (Lipinski definition) is 8. The van der Waals surface area contributed by atoms with Crippen LogP contribution in [0.3, 0.4) is 0 Å². The number of esters is 1. The van der Waals surface area contributed by atoms with Crippen LogP contribution in [0.4, 0.5) is 5.69 Å². The van der Waals surface area contributed by atoms with Crippen molar-refractivity contribution in [2.75, 3.05) is 20.3 Å². The Morgan fingerprint density at radius 2 is 1.91 bits per heavy atom. The smallest absolute Gasteiger partial charge is 0.308 e. The molecule has 1 aliphatic rings. The molecule has 3 rings (SSSR count). The van der Waals surface area contributed by atoms with Crippen molar-refractivity contribution in [3.05, 3.63) is 75.3 Å². The zero-order valence-corrected chi connectivity index (χ0v) is 17.3. The average molecular weight is 440 g/mol. The first-order chi connectivity index (χ1) is 15.2. The topological polar surface area (TPSA) is 136 Å². The maximum Gasteiger partial charge on any atom is 0.308 e. The predicted octanol–water partition coefficient (Wildman–Crippen LogP) is 2.59. The summed E-state index contributed by atoms with van der Waals surface area (Å²) in [5.74, 6) is -2.69. The van der Waals surface area contributed by atoms with E-state index in [2.05, 4.69) is 0 Å². The molecule has 1 atom stereocenters. The van der Waals surface area contributed by atoms with E-state index in [1.54, 1.807) is 12.1 Å². The zero-order chi connectivity index (χ0) is 23.4. The van der Waals surface area contributed by atoms with Gasteiger partial charge in [0.15, 0.2) is 0 Å². The van der Waals surface area contributed by atoms with Crippen molar-refractivity contribution >= 4 is 29.1 Å². The van der Waals surface area contributed by atoms with Crippen LogP contribution < -0.4 is 4.74 Å². The van der Waals surface area contributed by atoms with Gasteiger partial charge in [-0.25, -0.2) is 0 Å². The number of aliphatic hydroxyl groups excluding tert-OH is 1. The van der Waals surface area contributed by atoms with Gasteiger partial charge in [0.25, 0.3) is 17.4 Å². The number of ether oxygens (including phenoxy) is 2. The highest BCUT2D eigenvalue weighted by Gasteiger charge is 2.46. The zero-order valence-electron chi connectivity index (χ0n) is 17.3. The second-order valence-electron chi connectivity index (χ2n) is 6.96. The Morgan fingerprint density at radius 3 is 2.56 bits per heavy atom. The van der Waals surface area contributed by atoms with Crippen LogP contribution in [-0.2, 0) is 19.1 Å². The summed E-state index contributed by atoms with van der Waals surface area (Å²) in [7, 11) is 1.44. The number of nitro groups is 1. The second kappa shape index (κ2) is 9.40. The highest BCUT2D eigenvalue weighted by atomic mass is 16.6. The third-order valence-corrected chi connectivity index (χ3v) is 4.84. The minimum atomic E-state index is -1.01. The molecule has 10 heteroatoms. The fourth-order valence-electron chi connectivity index (χ4n) is 3.48. The number of Topliss-reactive ketones (excluding diaryl/α,β-unsaturated/α-hetero) is 1. The lowest BCUT2D eigenvalue weighted by molar-refractivity contribution is -0.384. The quantitative estimate of drug-likeness (QED) is 0.132. The lowest BCUT2D eigenvalue weighted by Crippen LogP contribution is -2.32. The molecule has 0 radical (unpaired) electrons. The molecule has 2 aromatic rings. The van der Waals surface area contributed by atoms with Gasteiger partial charge in [-0.1, -0.05) is 24.3 Å². The van der Waals surface area contributed by atoms with Gasteiger partial charge in [-0.3, -0.25) is 24.5 Å². The summed E-state index contributed by atoms with van der Waals surface area (Å²) in [6, 6.07) is 10.3. The minimum Gasteiger partial charge on any atom is -0.507 e. The first-order valence-corrected chi connectivity index (χ1v) is 9.55. The van der Waals surface area contributed by atoms with E-state index in [1.165, 1.54) is 49.3 Å². The number of hydrogen-bond donors (Lipinski definition) is 1. The lowest BCUT2D eigenvalue weighted by Gasteiger charge is -2.25. The van der Waals surface area contributed by atoms with Crippen LogP contribution in [0.5, 0.6) is 5.75 Å². The van der Waals surface area contributed by atoms with E-state index in [-0.39, 0.29) is 35.7 Å². The van der Waals surface area contributed by atoms with Crippen molar-refractivity contribution in [2.24, 2.45) is 0 Å². The molecule has 1 amide bonds. The van der Waals surface area contributed by atoms with Gasteiger partial charge in [0.05, 0.1) is 23.1 Å². The Hall–Kier alpha value is -4.05. The first-order valence-electron chi connectivity index (χ1n) is 9.55. The summed E-state index contributed by atoms with van der Waals surface area (Å²) in [6.45, 7) is 1.42. The number of likely N-dealkylation sites (tertiary alicyclic amines) is 1. The second-order valence-corrected chi connectivity index (χ2v) is 6.96. The molecule has 0 spiro atoms. The molecule has 1 aliphatic heterocycles. The number of carbonyl (C=O) groups is 3. The number of benzene rings is 2. The number of rotatable bonds is 7. The monoisotopic (exact) mass is 440 g/mol. The van der Waals surface area contributed by atoms with E-state index >= 15 is 0 Å². The summed E-state index contributed by atoms with van der Waals surface area (Å²) >= 11 is 0. The number of amides is 1. The van der Waals surface area contributed by atoms with Crippen LogP contribution in [0.2, 0.25) is 0 Å². The molecule has 1 saturated heterocycles. The fourth-order valence-corrected chi connectivity index (χ4v) is 3.48. The van der Waals surface area contributed by atoms with Crippen molar-refractivity contribution in [3.63, 3.8) is 0 Å². The Morgan fingerprint density at radius 1 is 1.19 bits per heavy atom. The Balaban J connectivity index is 2.18. The molecule has 2 aromatic carbocycles. The van der Waals surface area contributed by atoms with Gasteiger partial charge >= 0.3 is 5.97 Å². The van der Waals surface area contributed by atoms with E-state index in [0.717, 1.165) is 6.07 Å². The molecule has 10 nitrogen and oxygen atoms in total. The standard InChI is InChI=1S/C22H20N2O8/c1-13(25)32-17-8-4-5-14(12-17)19-18(21(27)22(28)23(19)9-10-31-2)20(26)15-6-3-7-16(11-15)24(29)30/h3-8,11-12,19,26H,9-10H2,1-2H3/b20-18-. The number of methoxy groups -OCH3 is 1. The molecular formula is C22H20N2O8. The molecule has 0 aromatic heterocycles. The van der Waals surface area contributed by atoms with E-state index < -0.39 is 34.4 Å². The highest BCUT2D eigenvalue weighted by Crippen LogP contribution is 2.40. The number of non-ortho nitro benzene ring substituents is 1. The number of aliphatic hydroxyl groups is 1. The summed E-state index contributed by atoms with van der Waals surface area (Å²) in [5.41, 5.74) is -0.0845. The van der Waals surface area contributed by atoms with Crippen LogP contribution in [-0.4, -0.2) is 52.9 Å². The lowest BCUT2D eigenvalue weighted by atomic mass is 9.95. The van der Waals surface area contributed by atoms with Crippen molar-refractivity contribution in [2.45, 2.75) is 13.0 Å². The molecule has 1 heterocycles. The van der Waals surface area contributed by atoms with Crippen molar-refractivity contribution in [3.8, 4) is 5.75 Å². The third kappa shape index (κ3) is 4.49. The third-order valence-electron chi connectivity index (χ3n) is 4.84. The van der Waals surface area contributed by atoms with Gasteiger partial charge in [0.1, 0.15) is 11.5 Å². The number of nitrogens with zero attached hydrogens (tertiary/aromatic N) is 2. The highest BCUT2D eigenvalue weighted by molar-refractivity contribution is 6.46. The van der Waals surface area contributed by atoms with Crippen LogP contribution in [0.25, 0.3) is 5.76 Å².